The summed E-state index contributed by atoms with van der Waals surface area (Å²) < 4.78 is 7.28. The highest BCUT2D eigenvalue weighted by molar-refractivity contribution is 5.99. The quantitative estimate of drug-likeness (QED) is 0.787. The number of fused-ring (bicyclic) bond motifs is 2. The van der Waals surface area contributed by atoms with Gasteiger partial charge >= 0.3 is 0 Å². The Bertz CT molecular complexity index is 1020. The summed E-state index contributed by atoms with van der Waals surface area (Å²) in [5.41, 5.74) is 3.04. The number of imidazole rings is 1. The van der Waals surface area contributed by atoms with Gasteiger partial charge in [0.25, 0.3) is 5.91 Å². The molecule has 26 heavy (non-hydrogen) atoms. The van der Waals surface area contributed by atoms with E-state index in [1.54, 1.807) is 25.2 Å². The molecule has 0 atom stereocenters. The molecule has 0 spiro atoms. The minimum atomic E-state index is -0.165. The lowest BCUT2D eigenvalue weighted by atomic mass is 10.2. The van der Waals surface area contributed by atoms with E-state index in [2.05, 4.69) is 10.3 Å². The molecule has 2 aromatic carbocycles. The van der Waals surface area contributed by atoms with Crippen molar-refractivity contribution in [2.45, 2.75) is 13.5 Å². The molecule has 0 unspecified atom stereocenters. The van der Waals surface area contributed by atoms with Gasteiger partial charge < -0.3 is 19.5 Å². The highest BCUT2D eigenvalue weighted by Crippen LogP contribution is 2.33. The number of benzene rings is 2. The molecule has 4 rings (SSSR count). The van der Waals surface area contributed by atoms with Gasteiger partial charge in [-0.15, -0.1) is 0 Å². The largest absolute Gasteiger partial charge is 0.482 e. The topological polar surface area (TPSA) is 76.5 Å². The number of aryl methyl sites for hydroxylation is 1. The number of amides is 2. The summed E-state index contributed by atoms with van der Waals surface area (Å²) in [5, 5.41) is 2.88. The van der Waals surface area contributed by atoms with Gasteiger partial charge in [-0.1, -0.05) is 12.1 Å². The summed E-state index contributed by atoms with van der Waals surface area (Å²) in [7, 11) is 1.69. The number of hydrogen-bond acceptors (Lipinski definition) is 4. The molecule has 0 radical (unpaired) electrons. The van der Waals surface area contributed by atoms with Crippen LogP contribution in [-0.4, -0.2) is 35.0 Å². The highest BCUT2D eigenvalue weighted by Gasteiger charge is 2.22. The van der Waals surface area contributed by atoms with E-state index in [9.17, 15) is 9.59 Å². The Hall–Kier alpha value is -3.35. The third kappa shape index (κ3) is 2.77. The minimum absolute atomic E-state index is 0.0299. The standard InChI is InChI=1S/C19H18N4O3/c1-12-20-14-5-3-4-6-15(14)23(12)10-18(24)21-13-7-8-17-16(9-13)22(2)19(25)11-26-17/h3-9H,10-11H2,1-2H3,(H,21,24). The summed E-state index contributed by atoms with van der Waals surface area (Å²) in [6, 6.07) is 13.0. The summed E-state index contributed by atoms with van der Waals surface area (Å²) in [5.74, 6) is 1.12. The predicted molar refractivity (Wildman–Crippen MR) is 98.4 cm³/mol. The first kappa shape index (κ1) is 16.1. The molecule has 1 aliphatic heterocycles. The Kier molecular flexibility index (Phi) is 3.84. The number of nitrogens with zero attached hydrogens (tertiary/aromatic N) is 3. The van der Waals surface area contributed by atoms with Crippen LogP contribution in [-0.2, 0) is 16.1 Å². The number of ether oxygens (including phenoxy) is 1. The van der Waals surface area contributed by atoms with E-state index in [-0.39, 0.29) is 25.0 Å². The van der Waals surface area contributed by atoms with Gasteiger partial charge in [-0.25, -0.2) is 4.98 Å². The average molecular weight is 350 g/mol. The Morgan fingerprint density at radius 2 is 2.08 bits per heavy atom. The summed E-state index contributed by atoms with van der Waals surface area (Å²) in [4.78, 5) is 30.3. The lowest BCUT2D eigenvalue weighted by Crippen LogP contribution is -2.35. The fraction of sp³-hybridized carbons (Fsp3) is 0.211. The smallest absolute Gasteiger partial charge is 0.264 e. The van der Waals surface area contributed by atoms with E-state index in [4.69, 9.17) is 4.74 Å². The van der Waals surface area contributed by atoms with Crippen LogP contribution in [0.1, 0.15) is 5.82 Å². The first-order chi connectivity index (χ1) is 12.5. The molecule has 0 fully saturated rings. The number of anilines is 2. The van der Waals surface area contributed by atoms with Crippen molar-refractivity contribution in [3.63, 3.8) is 0 Å². The van der Waals surface area contributed by atoms with E-state index in [0.29, 0.717) is 17.1 Å². The third-order valence-electron chi connectivity index (χ3n) is 4.48. The molecule has 7 nitrogen and oxygen atoms in total. The molecule has 0 aliphatic carbocycles. The molecule has 1 aliphatic rings. The lowest BCUT2D eigenvalue weighted by Gasteiger charge is -2.26. The second kappa shape index (κ2) is 6.18. The number of nitrogens with one attached hydrogen (secondary N) is 1. The van der Waals surface area contributed by atoms with Crippen molar-refractivity contribution in [2.24, 2.45) is 0 Å². The predicted octanol–water partition coefficient (Wildman–Crippen LogP) is 2.34. The van der Waals surface area contributed by atoms with Gasteiger partial charge in [-0.3, -0.25) is 9.59 Å². The van der Waals surface area contributed by atoms with Crippen LogP contribution < -0.4 is 15.0 Å². The van der Waals surface area contributed by atoms with Crippen LogP contribution in [0.5, 0.6) is 5.75 Å². The van der Waals surface area contributed by atoms with Gasteiger partial charge in [0.1, 0.15) is 18.1 Å². The first-order valence-corrected chi connectivity index (χ1v) is 8.28. The highest BCUT2D eigenvalue weighted by atomic mass is 16.5. The second-order valence-corrected chi connectivity index (χ2v) is 6.21. The number of hydrogen-bond donors (Lipinski definition) is 1. The molecule has 7 heteroatoms. The maximum atomic E-state index is 12.5. The van der Waals surface area contributed by atoms with Crippen LogP contribution in [0.4, 0.5) is 11.4 Å². The Balaban J connectivity index is 1.55. The zero-order chi connectivity index (χ0) is 18.3. The zero-order valence-corrected chi connectivity index (χ0v) is 14.5. The molecule has 2 amide bonds. The number of aromatic nitrogens is 2. The van der Waals surface area contributed by atoms with Crippen LogP contribution in [0.25, 0.3) is 11.0 Å². The van der Waals surface area contributed by atoms with Gasteiger partial charge in [0.2, 0.25) is 5.91 Å². The van der Waals surface area contributed by atoms with Crippen molar-refractivity contribution >= 4 is 34.2 Å². The number of likely N-dealkylation sites (N-methyl/N-ethyl adjacent to an activating group) is 1. The molecule has 2 heterocycles. The van der Waals surface area contributed by atoms with Gasteiger partial charge in [-0.2, -0.15) is 0 Å². The van der Waals surface area contributed by atoms with Gasteiger partial charge in [0, 0.05) is 12.7 Å². The van der Waals surface area contributed by atoms with Crippen molar-refractivity contribution < 1.29 is 14.3 Å². The van der Waals surface area contributed by atoms with Crippen molar-refractivity contribution in [3.8, 4) is 5.75 Å². The molecule has 0 bridgehead atoms. The van der Waals surface area contributed by atoms with Crippen molar-refractivity contribution in [1.82, 2.24) is 9.55 Å². The van der Waals surface area contributed by atoms with Crippen molar-refractivity contribution in [1.29, 1.82) is 0 Å². The zero-order valence-electron chi connectivity index (χ0n) is 14.5. The van der Waals surface area contributed by atoms with E-state index in [1.165, 1.54) is 4.90 Å². The number of para-hydroxylation sites is 2. The van der Waals surface area contributed by atoms with E-state index in [1.807, 2.05) is 35.8 Å². The van der Waals surface area contributed by atoms with Crippen LogP contribution in [0.3, 0.4) is 0 Å². The minimum Gasteiger partial charge on any atom is -0.482 e. The van der Waals surface area contributed by atoms with Gasteiger partial charge in [0.05, 0.1) is 16.7 Å². The Morgan fingerprint density at radius 3 is 2.92 bits per heavy atom. The second-order valence-electron chi connectivity index (χ2n) is 6.21. The van der Waals surface area contributed by atoms with E-state index >= 15 is 0 Å². The number of carbonyl (C=O) groups excluding carboxylic acids is 2. The van der Waals surface area contributed by atoms with Crippen LogP contribution in [0.15, 0.2) is 42.5 Å². The summed E-state index contributed by atoms with van der Waals surface area (Å²) in [6.07, 6.45) is 0. The van der Waals surface area contributed by atoms with Crippen molar-refractivity contribution in [2.75, 3.05) is 23.9 Å². The summed E-state index contributed by atoms with van der Waals surface area (Å²) >= 11 is 0. The van der Waals surface area contributed by atoms with Crippen LogP contribution >= 0.6 is 0 Å². The van der Waals surface area contributed by atoms with E-state index in [0.717, 1.165) is 16.9 Å². The van der Waals surface area contributed by atoms with Gasteiger partial charge in [0.15, 0.2) is 6.61 Å². The Labute approximate surface area is 150 Å². The maximum Gasteiger partial charge on any atom is 0.264 e. The summed E-state index contributed by atoms with van der Waals surface area (Å²) in [6.45, 7) is 2.07. The van der Waals surface area contributed by atoms with Crippen molar-refractivity contribution in [3.05, 3.63) is 48.3 Å². The molecular weight excluding hydrogens is 332 g/mol. The number of rotatable bonds is 3. The molecule has 1 aromatic heterocycles. The monoisotopic (exact) mass is 350 g/mol. The van der Waals surface area contributed by atoms with Crippen LogP contribution in [0, 0.1) is 6.92 Å². The third-order valence-corrected chi connectivity index (χ3v) is 4.48. The normalized spacial score (nSPS) is 13.5. The van der Waals surface area contributed by atoms with Gasteiger partial charge in [-0.05, 0) is 37.3 Å². The molecule has 132 valence electrons. The molecule has 3 aromatic rings. The average Bonchev–Trinajstić information content (AvgIpc) is 2.94. The molecular formula is C19H18N4O3. The van der Waals surface area contributed by atoms with Crippen LogP contribution in [0.2, 0.25) is 0 Å². The molecule has 0 saturated heterocycles. The lowest BCUT2D eigenvalue weighted by molar-refractivity contribution is -0.121. The Morgan fingerprint density at radius 1 is 1.27 bits per heavy atom. The molecule has 1 N–H and O–H groups in total. The number of carbonyl (C=O) groups is 2. The fourth-order valence-corrected chi connectivity index (χ4v) is 3.09. The first-order valence-electron chi connectivity index (χ1n) is 8.28. The molecule has 0 saturated carbocycles. The maximum absolute atomic E-state index is 12.5. The van der Waals surface area contributed by atoms with E-state index < -0.39 is 0 Å². The SMILES string of the molecule is Cc1nc2ccccc2n1CC(=O)Nc1ccc2c(c1)N(C)C(=O)CO2. The fourth-order valence-electron chi connectivity index (χ4n) is 3.09.